The lowest BCUT2D eigenvalue weighted by Gasteiger charge is -2.19. The maximum atomic E-state index is 11.0. The molecular formula is C16H19N3O2S. The van der Waals surface area contributed by atoms with Crippen molar-refractivity contribution < 1.29 is 9.53 Å². The van der Waals surface area contributed by atoms with Crippen LogP contribution in [0.3, 0.4) is 0 Å². The average Bonchev–Trinajstić information content (AvgIpc) is 3.10. The number of carbonyl (C=O) groups excluding carboxylic acids is 1. The number of rotatable bonds is 5. The first-order valence-electron chi connectivity index (χ1n) is 7.30. The van der Waals surface area contributed by atoms with Gasteiger partial charge in [0.05, 0.1) is 12.3 Å². The molecule has 0 bridgehead atoms. The molecule has 0 saturated carbocycles. The fourth-order valence-corrected chi connectivity index (χ4v) is 3.36. The first-order chi connectivity index (χ1) is 10.6. The molecule has 2 heterocycles. The van der Waals surface area contributed by atoms with Gasteiger partial charge in [0, 0.05) is 36.4 Å². The molecule has 22 heavy (non-hydrogen) atoms. The third kappa shape index (κ3) is 3.28. The quantitative estimate of drug-likeness (QED) is 0.890. The number of amides is 1. The largest absolute Gasteiger partial charge is 0.493 e. The lowest BCUT2D eigenvalue weighted by Crippen LogP contribution is -2.32. The minimum atomic E-state index is -0.0954. The molecule has 2 unspecified atom stereocenters. The third-order valence-corrected chi connectivity index (χ3v) is 4.59. The Morgan fingerprint density at radius 2 is 2.32 bits per heavy atom. The Balaban J connectivity index is 1.58. The predicted octanol–water partition coefficient (Wildman–Crippen LogP) is 2.76. The van der Waals surface area contributed by atoms with Gasteiger partial charge >= 0.3 is 0 Å². The Morgan fingerprint density at radius 1 is 1.50 bits per heavy atom. The monoisotopic (exact) mass is 317 g/mol. The van der Waals surface area contributed by atoms with Gasteiger partial charge in [-0.15, -0.1) is 11.3 Å². The van der Waals surface area contributed by atoms with Gasteiger partial charge in [0.2, 0.25) is 5.91 Å². The average molecular weight is 317 g/mol. The van der Waals surface area contributed by atoms with Gasteiger partial charge in [-0.2, -0.15) is 0 Å². The molecule has 2 atom stereocenters. The molecule has 1 aromatic heterocycles. The highest BCUT2D eigenvalue weighted by molar-refractivity contribution is 7.13. The molecule has 1 aliphatic heterocycles. The van der Waals surface area contributed by atoms with E-state index in [2.05, 4.69) is 28.6 Å². The summed E-state index contributed by atoms with van der Waals surface area (Å²) in [6.07, 6.45) is 0. The third-order valence-electron chi connectivity index (χ3n) is 3.78. The Morgan fingerprint density at radius 3 is 3.14 bits per heavy atom. The number of benzene rings is 1. The number of para-hydroxylation sites is 1. The molecule has 1 aromatic carbocycles. The molecule has 0 saturated heterocycles. The number of nitrogens with zero attached hydrogens (tertiary/aromatic N) is 1. The Hall–Kier alpha value is -1.92. The highest BCUT2D eigenvalue weighted by atomic mass is 32.1. The molecule has 3 rings (SSSR count). The summed E-state index contributed by atoms with van der Waals surface area (Å²) < 4.78 is 5.73. The standard InChI is InChI=1S/C16H19N3O2S/c1-10(14-8-21-15-6-4-3-5-13(14)15)17-7-12-9-22-16(19-12)18-11(2)20/h3-6,9-10,14,17H,7-8H2,1-2H3,(H,18,19,20). The Labute approximate surface area is 133 Å². The van der Waals surface area contributed by atoms with Gasteiger partial charge in [-0.25, -0.2) is 4.98 Å². The van der Waals surface area contributed by atoms with Crippen LogP contribution in [0.4, 0.5) is 5.13 Å². The molecule has 0 radical (unpaired) electrons. The van der Waals surface area contributed by atoms with Crippen LogP contribution in [0.2, 0.25) is 0 Å². The summed E-state index contributed by atoms with van der Waals surface area (Å²) >= 11 is 1.44. The van der Waals surface area contributed by atoms with E-state index in [1.165, 1.54) is 23.8 Å². The fourth-order valence-electron chi connectivity index (χ4n) is 2.61. The van der Waals surface area contributed by atoms with E-state index in [1.807, 2.05) is 23.6 Å². The van der Waals surface area contributed by atoms with E-state index < -0.39 is 0 Å². The van der Waals surface area contributed by atoms with E-state index in [-0.39, 0.29) is 11.9 Å². The minimum absolute atomic E-state index is 0.0954. The predicted molar refractivity (Wildman–Crippen MR) is 87.4 cm³/mol. The van der Waals surface area contributed by atoms with Crippen molar-refractivity contribution in [3.8, 4) is 5.75 Å². The normalized spacial score (nSPS) is 17.6. The van der Waals surface area contributed by atoms with Gasteiger partial charge in [0.1, 0.15) is 5.75 Å². The van der Waals surface area contributed by atoms with E-state index in [1.54, 1.807) is 0 Å². The molecule has 1 aliphatic rings. The van der Waals surface area contributed by atoms with E-state index in [9.17, 15) is 4.79 Å². The first-order valence-corrected chi connectivity index (χ1v) is 8.18. The van der Waals surface area contributed by atoms with Crippen LogP contribution in [0.5, 0.6) is 5.75 Å². The van der Waals surface area contributed by atoms with Crippen molar-refractivity contribution in [3.63, 3.8) is 0 Å². The van der Waals surface area contributed by atoms with Gasteiger partial charge in [-0.3, -0.25) is 4.79 Å². The van der Waals surface area contributed by atoms with Crippen molar-refractivity contribution in [1.29, 1.82) is 0 Å². The number of fused-ring (bicyclic) bond motifs is 1. The zero-order chi connectivity index (χ0) is 15.5. The molecule has 1 amide bonds. The number of carbonyl (C=O) groups is 1. The smallest absolute Gasteiger partial charge is 0.223 e. The Bertz CT molecular complexity index is 671. The van der Waals surface area contributed by atoms with Crippen LogP contribution < -0.4 is 15.4 Å². The molecule has 0 aliphatic carbocycles. The maximum absolute atomic E-state index is 11.0. The minimum Gasteiger partial charge on any atom is -0.493 e. The summed E-state index contributed by atoms with van der Waals surface area (Å²) in [5, 5.41) is 8.81. The zero-order valence-electron chi connectivity index (χ0n) is 12.6. The molecule has 6 heteroatoms. The van der Waals surface area contributed by atoms with E-state index in [0.29, 0.717) is 24.2 Å². The maximum Gasteiger partial charge on any atom is 0.223 e. The number of ether oxygens (including phenoxy) is 1. The second-order valence-corrected chi connectivity index (χ2v) is 6.31. The van der Waals surface area contributed by atoms with Crippen LogP contribution >= 0.6 is 11.3 Å². The summed E-state index contributed by atoms with van der Waals surface area (Å²) in [4.78, 5) is 15.4. The summed E-state index contributed by atoms with van der Waals surface area (Å²) in [7, 11) is 0. The van der Waals surface area contributed by atoms with E-state index >= 15 is 0 Å². The molecule has 116 valence electrons. The second-order valence-electron chi connectivity index (χ2n) is 5.45. The van der Waals surface area contributed by atoms with E-state index in [0.717, 1.165) is 11.4 Å². The van der Waals surface area contributed by atoms with Gasteiger partial charge < -0.3 is 15.4 Å². The van der Waals surface area contributed by atoms with Gasteiger partial charge in [-0.05, 0) is 13.0 Å². The lowest BCUT2D eigenvalue weighted by atomic mass is 9.94. The van der Waals surface area contributed by atoms with Crippen molar-refractivity contribution >= 4 is 22.4 Å². The van der Waals surface area contributed by atoms with Gasteiger partial charge in [0.25, 0.3) is 0 Å². The first kappa shape index (κ1) is 15.0. The lowest BCUT2D eigenvalue weighted by molar-refractivity contribution is -0.114. The number of anilines is 1. The number of thiazole rings is 1. The highest BCUT2D eigenvalue weighted by Crippen LogP contribution is 2.35. The highest BCUT2D eigenvalue weighted by Gasteiger charge is 2.28. The van der Waals surface area contributed by atoms with Crippen molar-refractivity contribution in [3.05, 3.63) is 40.9 Å². The van der Waals surface area contributed by atoms with Crippen LogP contribution in [0.25, 0.3) is 0 Å². The van der Waals surface area contributed by atoms with Crippen LogP contribution in [0.15, 0.2) is 29.6 Å². The SMILES string of the molecule is CC(=O)Nc1nc(CNC(C)C2COc3ccccc32)cs1. The topological polar surface area (TPSA) is 63.2 Å². The summed E-state index contributed by atoms with van der Waals surface area (Å²) in [5.41, 5.74) is 2.20. The van der Waals surface area contributed by atoms with Gasteiger partial charge in [-0.1, -0.05) is 18.2 Å². The number of aromatic nitrogens is 1. The van der Waals surface area contributed by atoms with Crippen LogP contribution in [-0.2, 0) is 11.3 Å². The molecule has 5 nitrogen and oxygen atoms in total. The fraction of sp³-hybridized carbons (Fsp3) is 0.375. The van der Waals surface area contributed by atoms with Gasteiger partial charge in [0.15, 0.2) is 5.13 Å². The Kier molecular flexibility index (Phi) is 4.40. The molecular weight excluding hydrogens is 298 g/mol. The van der Waals surface area contributed by atoms with Crippen LogP contribution in [-0.4, -0.2) is 23.5 Å². The zero-order valence-corrected chi connectivity index (χ0v) is 13.4. The van der Waals surface area contributed by atoms with Crippen LogP contribution in [0, 0.1) is 0 Å². The summed E-state index contributed by atoms with van der Waals surface area (Å²) in [6.45, 7) is 5.04. The second kappa shape index (κ2) is 6.46. The summed E-state index contributed by atoms with van der Waals surface area (Å²) in [5.74, 6) is 1.24. The van der Waals surface area contributed by atoms with Crippen molar-refractivity contribution in [2.24, 2.45) is 0 Å². The molecule has 0 spiro atoms. The van der Waals surface area contributed by atoms with Crippen LogP contribution in [0.1, 0.15) is 31.0 Å². The number of nitrogens with one attached hydrogen (secondary N) is 2. The van der Waals surface area contributed by atoms with Crippen molar-refractivity contribution in [2.45, 2.75) is 32.4 Å². The molecule has 2 aromatic rings. The summed E-state index contributed by atoms with van der Waals surface area (Å²) in [6, 6.07) is 8.48. The van der Waals surface area contributed by atoms with Crippen molar-refractivity contribution in [1.82, 2.24) is 10.3 Å². The van der Waals surface area contributed by atoms with E-state index in [4.69, 9.17) is 4.74 Å². The molecule has 2 N–H and O–H groups in total. The van der Waals surface area contributed by atoms with Crippen molar-refractivity contribution in [2.75, 3.05) is 11.9 Å². The molecule has 0 fully saturated rings. The number of hydrogen-bond acceptors (Lipinski definition) is 5. The number of hydrogen-bond donors (Lipinski definition) is 2.